The zero-order valence-electron chi connectivity index (χ0n) is 11.5. The second kappa shape index (κ2) is 5.27. The van der Waals surface area contributed by atoms with Crippen LogP contribution in [0.25, 0.3) is 0 Å². The van der Waals surface area contributed by atoms with Crippen molar-refractivity contribution >= 4 is 5.69 Å². The average Bonchev–Trinajstić information content (AvgIpc) is 2.31. The molecule has 0 bridgehead atoms. The standard InChI is InChI=1S/C15H23FN2/c1-10-5-4-6-18(9-10)15-7-11(2)14(16)8-13(15)12(3)17/h7-8,10,12H,4-6,9,17H2,1-3H3. The molecule has 2 unspecified atom stereocenters. The fourth-order valence-corrected chi connectivity index (χ4v) is 2.73. The van der Waals surface area contributed by atoms with Crippen LogP contribution in [0.5, 0.6) is 0 Å². The van der Waals surface area contributed by atoms with Crippen molar-refractivity contribution in [1.29, 1.82) is 0 Å². The van der Waals surface area contributed by atoms with Crippen LogP contribution in [0, 0.1) is 18.7 Å². The first kappa shape index (κ1) is 13.3. The maximum atomic E-state index is 13.7. The molecule has 1 aromatic rings. The number of anilines is 1. The molecule has 2 atom stereocenters. The zero-order chi connectivity index (χ0) is 13.3. The van der Waals surface area contributed by atoms with E-state index in [2.05, 4.69) is 11.8 Å². The third kappa shape index (κ3) is 2.66. The van der Waals surface area contributed by atoms with Gasteiger partial charge in [0, 0.05) is 24.8 Å². The average molecular weight is 250 g/mol. The van der Waals surface area contributed by atoms with E-state index in [9.17, 15) is 4.39 Å². The highest BCUT2D eigenvalue weighted by Gasteiger charge is 2.21. The Hall–Kier alpha value is -1.09. The van der Waals surface area contributed by atoms with Crippen LogP contribution in [0.1, 0.15) is 43.9 Å². The van der Waals surface area contributed by atoms with E-state index in [1.165, 1.54) is 12.8 Å². The molecule has 3 heteroatoms. The summed E-state index contributed by atoms with van der Waals surface area (Å²) in [4.78, 5) is 2.36. The lowest BCUT2D eigenvalue weighted by Gasteiger charge is -2.35. The van der Waals surface area contributed by atoms with Crippen LogP contribution < -0.4 is 10.6 Å². The third-order valence-corrected chi connectivity index (χ3v) is 3.80. The van der Waals surface area contributed by atoms with E-state index in [0.717, 1.165) is 24.3 Å². The van der Waals surface area contributed by atoms with Gasteiger partial charge in [0.15, 0.2) is 0 Å². The lowest BCUT2D eigenvalue weighted by molar-refractivity contribution is 0.445. The summed E-state index contributed by atoms with van der Waals surface area (Å²) < 4.78 is 13.7. The highest BCUT2D eigenvalue weighted by atomic mass is 19.1. The zero-order valence-corrected chi connectivity index (χ0v) is 11.5. The molecule has 0 radical (unpaired) electrons. The predicted molar refractivity (Wildman–Crippen MR) is 74.4 cm³/mol. The number of aryl methyl sites for hydroxylation is 1. The molecule has 1 aliphatic heterocycles. The van der Waals surface area contributed by atoms with Crippen LogP contribution in [0.4, 0.5) is 10.1 Å². The minimum atomic E-state index is -0.156. The number of hydrogen-bond acceptors (Lipinski definition) is 2. The second-order valence-electron chi connectivity index (χ2n) is 5.64. The minimum Gasteiger partial charge on any atom is -0.371 e. The number of hydrogen-bond donors (Lipinski definition) is 1. The predicted octanol–water partition coefficient (Wildman–Crippen LogP) is 3.39. The number of nitrogens with zero attached hydrogens (tertiary/aromatic N) is 1. The molecule has 1 heterocycles. The fraction of sp³-hybridized carbons (Fsp3) is 0.600. The highest BCUT2D eigenvalue weighted by molar-refractivity contribution is 5.57. The van der Waals surface area contributed by atoms with Gasteiger partial charge in [-0.2, -0.15) is 0 Å². The number of piperidine rings is 1. The lowest BCUT2D eigenvalue weighted by atomic mass is 9.96. The van der Waals surface area contributed by atoms with Crippen LogP contribution in [-0.2, 0) is 0 Å². The van der Waals surface area contributed by atoms with Gasteiger partial charge in [0.25, 0.3) is 0 Å². The van der Waals surface area contributed by atoms with Crippen LogP contribution in [0.3, 0.4) is 0 Å². The van der Waals surface area contributed by atoms with Crippen molar-refractivity contribution in [2.24, 2.45) is 11.7 Å². The molecule has 1 fully saturated rings. The first-order chi connectivity index (χ1) is 8.49. The summed E-state index contributed by atoms with van der Waals surface area (Å²) in [7, 11) is 0. The molecule has 100 valence electrons. The summed E-state index contributed by atoms with van der Waals surface area (Å²) in [6.07, 6.45) is 2.49. The Balaban J connectivity index is 2.38. The Kier molecular flexibility index (Phi) is 3.91. The summed E-state index contributed by atoms with van der Waals surface area (Å²) in [5.41, 5.74) is 8.73. The third-order valence-electron chi connectivity index (χ3n) is 3.80. The van der Waals surface area contributed by atoms with Gasteiger partial charge in [-0.3, -0.25) is 0 Å². The molecule has 1 aromatic carbocycles. The smallest absolute Gasteiger partial charge is 0.126 e. The minimum absolute atomic E-state index is 0.132. The van der Waals surface area contributed by atoms with Crippen molar-refractivity contribution < 1.29 is 4.39 Å². The number of nitrogens with two attached hydrogens (primary N) is 1. The van der Waals surface area contributed by atoms with Crippen LogP contribution >= 0.6 is 0 Å². The van der Waals surface area contributed by atoms with Crippen LogP contribution in [0.2, 0.25) is 0 Å². The summed E-state index contributed by atoms with van der Waals surface area (Å²) in [5, 5.41) is 0. The van der Waals surface area contributed by atoms with Crippen molar-refractivity contribution in [3.8, 4) is 0 Å². The molecule has 0 aromatic heterocycles. The molecular weight excluding hydrogens is 227 g/mol. The normalized spacial score (nSPS) is 22.1. The Bertz CT molecular complexity index is 429. The van der Waals surface area contributed by atoms with Gasteiger partial charge in [-0.05, 0) is 55.9 Å². The van der Waals surface area contributed by atoms with Gasteiger partial charge >= 0.3 is 0 Å². The van der Waals surface area contributed by atoms with Gasteiger partial charge < -0.3 is 10.6 Å². The molecule has 1 aliphatic rings. The monoisotopic (exact) mass is 250 g/mol. The Morgan fingerprint density at radius 1 is 1.44 bits per heavy atom. The van der Waals surface area contributed by atoms with E-state index < -0.39 is 0 Å². The van der Waals surface area contributed by atoms with Gasteiger partial charge in [0.05, 0.1) is 0 Å². The van der Waals surface area contributed by atoms with Gasteiger partial charge in [-0.1, -0.05) is 6.92 Å². The van der Waals surface area contributed by atoms with E-state index in [0.29, 0.717) is 11.5 Å². The molecule has 2 rings (SSSR count). The molecule has 18 heavy (non-hydrogen) atoms. The first-order valence-electron chi connectivity index (χ1n) is 6.79. The molecule has 0 amide bonds. The summed E-state index contributed by atoms with van der Waals surface area (Å²) in [6, 6.07) is 3.42. The SMILES string of the molecule is Cc1cc(N2CCCC(C)C2)c(C(C)N)cc1F. The molecule has 0 saturated carbocycles. The van der Waals surface area contributed by atoms with Crippen molar-refractivity contribution in [2.45, 2.75) is 39.7 Å². The molecule has 0 spiro atoms. The Labute approximate surface area is 109 Å². The van der Waals surface area contributed by atoms with Crippen molar-refractivity contribution in [2.75, 3.05) is 18.0 Å². The van der Waals surface area contributed by atoms with Crippen molar-refractivity contribution in [1.82, 2.24) is 0 Å². The molecule has 1 saturated heterocycles. The quantitative estimate of drug-likeness (QED) is 0.871. The van der Waals surface area contributed by atoms with Gasteiger partial charge in [0.2, 0.25) is 0 Å². The highest BCUT2D eigenvalue weighted by Crippen LogP contribution is 2.31. The lowest BCUT2D eigenvalue weighted by Crippen LogP contribution is -2.35. The molecular formula is C15H23FN2. The van der Waals surface area contributed by atoms with E-state index in [1.54, 1.807) is 6.07 Å². The summed E-state index contributed by atoms with van der Waals surface area (Å²) >= 11 is 0. The van der Waals surface area contributed by atoms with Gasteiger partial charge in [0.1, 0.15) is 5.82 Å². The summed E-state index contributed by atoms with van der Waals surface area (Å²) in [5.74, 6) is 0.543. The Morgan fingerprint density at radius 3 is 2.78 bits per heavy atom. The van der Waals surface area contributed by atoms with E-state index >= 15 is 0 Å². The van der Waals surface area contributed by atoms with E-state index in [4.69, 9.17) is 5.73 Å². The maximum Gasteiger partial charge on any atom is 0.126 e. The van der Waals surface area contributed by atoms with Crippen molar-refractivity contribution in [3.05, 3.63) is 29.1 Å². The topological polar surface area (TPSA) is 29.3 Å². The largest absolute Gasteiger partial charge is 0.371 e. The van der Waals surface area contributed by atoms with Crippen molar-refractivity contribution in [3.63, 3.8) is 0 Å². The van der Waals surface area contributed by atoms with Crippen LogP contribution in [-0.4, -0.2) is 13.1 Å². The maximum absolute atomic E-state index is 13.7. The van der Waals surface area contributed by atoms with E-state index in [-0.39, 0.29) is 11.9 Å². The van der Waals surface area contributed by atoms with E-state index in [1.807, 2.05) is 19.9 Å². The Morgan fingerprint density at radius 2 is 2.17 bits per heavy atom. The number of rotatable bonds is 2. The molecule has 0 aliphatic carbocycles. The second-order valence-corrected chi connectivity index (χ2v) is 5.64. The number of halogens is 1. The van der Waals surface area contributed by atoms with Crippen LogP contribution in [0.15, 0.2) is 12.1 Å². The first-order valence-corrected chi connectivity index (χ1v) is 6.79. The molecule has 2 nitrogen and oxygen atoms in total. The van der Waals surface area contributed by atoms with Gasteiger partial charge in [-0.25, -0.2) is 4.39 Å². The van der Waals surface area contributed by atoms with Gasteiger partial charge in [-0.15, -0.1) is 0 Å². The number of benzene rings is 1. The molecule has 2 N–H and O–H groups in total. The summed E-state index contributed by atoms with van der Waals surface area (Å²) in [6.45, 7) is 8.10. The fourth-order valence-electron chi connectivity index (χ4n) is 2.73.